The molecule has 1 aromatic heterocycles. The van der Waals surface area contributed by atoms with E-state index in [2.05, 4.69) is 43.0 Å². The Morgan fingerprint density at radius 2 is 2.00 bits per heavy atom. The molecule has 1 aliphatic heterocycles. The first-order chi connectivity index (χ1) is 12.5. The number of hydrogen-bond donors (Lipinski definition) is 1. The molecular formula is C21H26N2O2S. The van der Waals surface area contributed by atoms with Crippen LogP contribution in [0.4, 0.5) is 5.00 Å². The van der Waals surface area contributed by atoms with Crippen LogP contribution in [-0.2, 0) is 17.7 Å². The molecule has 2 N–H and O–H groups in total. The van der Waals surface area contributed by atoms with Crippen LogP contribution < -0.4 is 10.6 Å². The molecule has 2 aromatic rings. The van der Waals surface area contributed by atoms with Gasteiger partial charge >= 0.3 is 0 Å². The van der Waals surface area contributed by atoms with Crippen molar-refractivity contribution in [1.82, 2.24) is 0 Å². The lowest BCUT2D eigenvalue weighted by Crippen LogP contribution is -2.36. The van der Waals surface area contributed by atoms with Gasteiger partial charge in [0, 0.05) is 31.6 Å². The standard InChI is InChI=1S/C21H26N2O2S/c1-21(2)11-16-18(15-5-3-4-14(10-15)13-22)20(23-6-8-25-9-7-23)26-19(16)17(24)12-21/h3-5,10H,6-9,11-13,22H2,1-2H3. The van der Waals surface area contributed by atoms with Gasteiger partial charge in [0.25, 0.3) is 0 Å². The molecule has 0 spiro atoms. The van der Waals surface area contributed by atoms with E-state index in [1.54, 1.807) is 11.3 Å². The molecule has 4 nitrogen and oxygen atoms in total. The quantitative estimate of drug-likeness (QED) is 0.891. The number of ketones is 1. The Labute approximate surface area is 159 Å². The Bertz CT molecular complexity index is 835. The first-order valence-corrected chi connectivity index (χ1v) is 10.1. The van der Waals surface area contributed by atoms with E-state index in [4.69, 9.17) is 10.5 Å². The van der Waals surface area contributed by atoms with E-state index in [-0.39, 0.29) is 11.2 Å². The lowest BCUT2D eigenvalue weighted by molar-refractivity contribution is 0.0918. The van der Waals surface area contributed by atoms with Gasteiger partial charge in [0.1, 0.15) is 0 Å². The highest BCUT2D eigenvalue weighted by atomic mass is 32.1. The minimum Gasteiger partial charge on any atom is -0.378 e. The number of morpholine rings is 1. The van der Waals surface area contributed by atoms with Crippen LogP contribution in [-0.4, -0.2) is 32.1 Å². The number of fused-ring (bicyclic) bond motifs is 1. The number of thiophene rings is 1. The van der Waals surface area contributed by atoms with Gasteiger partial charge in [-0.15, -0.1) is 11.3 Å². The fourth-order valence-electron chi connectivity index (χ4n) is 4.04. The molecule has 1 aliphatic carbocycles. The van der Waals surface area contributed by atoms with Crippen LogP contribution in [0.5, 0.6) is 0 Å². The maximum atomic E-state index is 12.9. The zero-order valence-electron chi connectivity index (χ0n) is 15.5. The predicted octanol–water partition coefficient (Wildman–Crippen LogP) is 3.87. The Morgan fingerprint density at radius 1 is 1.23 bits per heavy atom. The van der Waals surface area contributed by atoms with Gasteiger partial charge in [-0.3, -0.25) is 4.79 Å². The molecule has 1 aromatic carbocycles. The molecule has 2 heterocycles. The molecule has 26 heavy (non-hydrogen) atoms. The van der Waals surface area contributed by atoms with Crippen LogP contribution in [0, 0.1) is 5.41 Å². The summed E-state index contributed by atoms with van der Waals surface area (Å²) in [6, 6.07) is 8.46. The van der Waals surface area contributed by atoms with Crippen molar-refractivity contribution in [2.75, 3.05) is 31.2 Å². The summed E-state index contributed by atoms with van der Waals surface area (Å²) in [5, 5.41) is 1.22. The van der Waals surface area contributed by atoms with E-state index in [0.717, 1.165) is 43.2 Å². The fraction of sp³-hybridized carbons (Fsp3) is 0.476. The van der Waals surface area contributed by atoms with Crippen LogP contribution in [0.3, 0.4) is 0 Å². The second-order valence-corrected chi connectivity index (χ2v) is 9.03. The summed E-state index contributed by atoms with van der Waals surface area (Å²) in [6.07, 6.45) is 1.57. The van der Waals surface area contributed by atoms with Gasteiger partial charge in [0.15, 0.2) is 5.78 Å². The first-order valence-electron chi connectivity index (χ1n) is 9.29. The maximum Gasteiger partial charge on any atom is 0.173 e. The number of carbonyl (C=O) groups is 1. The molecule has 0 unspecified atom stereocenters. The minimum atomic E-state index is 0.00760. The molecule has 0 atom stereocenters. The van der Waals surface area contributed by atoms with Crippen molar-refractivity contribution in [1.29, 1.82) is 0 Å². The summed E-state index contributed by atoms with van der Waals surface area (Å²) >= 11 is 1.68. The average molecular weight is 371 g/mol. The van der Waals surface area contributed by atoms with Crippen LogP contribution in [0.15, 0.2) is 24.3 Å². The third-order valence-corrected chi connectivity index (χ3v) is 6.62. The van der Waals surface area contributed by atoms with E-state index in [1.807, 2.05) is 0 Å². The van der Waals surface area contributed by atoms with Crippen LogP contribution in [0.25, 0.3) is 11.1 Å². The fourth-order valence-corrected chi connectivity index (χ4v) is 5.37. The second kappa shape index (κ2) is 6.80. The zero-order valence-corrected chi connectivity index (χ0v) is 16.3. The van der Waals surface area contributed by atoms with Crippen molar-refractivity contribution < 1.29 is 9.53 Å². The Hall–Kier alpha value is -1.69. The highest BCUT2D eigenvalue weighted by Gasteiger charge is 2.36. The van der Waals surface area contributed by atoms with Crippen LogP contribution >= 0.6 is 11.3 Å². The van der Waals surface area contributed by atoms with Crippen molar-refractivity contribution in [3.63, 3.8) is 0 Å². The first kappa shape index (κ1) is 17.7. The molecule has 5 heteroatoms. The molecule has 2 aliphatic rings. The van der Waals surface area contributed by atoms with Gasteiger partial charge in [-0.2, -0.15) is 0 Å². The Balaban J connectivity index is 1.90. The van der Waals surface area contributed by atoms with E-state index in [9.17, 15) is 4.79 Å². The topological polar surface area (TPSA) is 55.6 Å². The lowest BCUT2D eigenvalue weighted by Gasteiger charge is -2.30. The number of rotatable bonds is 3. The van der Waals surface area contributed by atoms with Crippen molar-refractivity contribution >= 4 is 22.1 Å². The van der Waals surface area contributed by atoms with Crippen molar-refractivity contribution in [3.8, 4) is 11.1 Å². The Kier molecular flexibility index (Phi) is 4.63. The summed E-state index contributed by atoms with van der Waals surface area (Å²) < 4.78 is 5.54. The second-order valence-electron chi connectivity index (χ2n) is 8.03. The molecule has 0 amide bonds. The van der Waals surface area contributed by atoms with Crippen molar-refractivity contribution in [2.45, 2.75) is 33.2 Å². The molecule has 138 valence electrons. The molecule has 1 fully saturated rings. The number of hydrogen-bond acceptors (Lipinski definition) is 5. The summed E-state index contributed by atoms with van der Waals surface area (Å²) in [6.45, 7) is 8.15. The largest absolute Gasteiger partial charge is 0.378 e. The number of nitrogens with zero attached hydrogens (tertiary/aromatic N) is 1. The van der Waals surface area contributed by atoms with E-state index >= 15 is 0 Å². The van der Waals surface area contributed by atoms with E-state index < -0.39 is 0 Å². The maximum absolute atomic E-state index is 12.9. The number of anilines is 1. The third kappa shape index (κ3) is 3.20. The number of benzene rings is 1. The molecule has 0 saturated carbocycles. The molecule has 4 rings (SSSR count). The van der Waals surface area contributed by atoms with Crippen LogP contribution in [0.2, 0.25) is 0 Å². The number of carbonyl (C=O) groups excluding carboxylic acids is 1. The third-order valence-electron chi connectivity index (χ3n) is 5.29. The van der Waals surface area contributed by atoms with Crippen molar-refractivity contribution in [3.05, 3.63) is 40.3 Å². The predicted molar refractivity (Wildman–Crippen MR) is 107 cm³/mol. The molecular weight excluding hydrogens is 344 g/mol. The highest BCUT2D eigenvalue weighted by molar-refractivity contribution is 7.19. The zero-order chi connectivity index (χ0) is 18.3. The van der Waals surface area contributed by atoms with Gasteiger partial charge in [0.2, 0.25) is 0 Å². The van der Waals surface area contributed by atoms with E-state index in [0.29, 0.717) is 13.0 Å². The van der Waals surface area contributed by atoms with E-state index in [1.165, 1.54) is 21.7 Å². The summed E-state index contributed by atoms with van der Waals surface area (Å²) in [5.74, 6) is 0.289. The minimum absolute atomic E-state index is 0.00760. The Morgan fingerprint density at radius 3 is 2.73 bits per heavy atom. The molecule has 0 bridgehead atoms. The van der Waals surface area contributed by atoms with Gasteiger partial charge in [-0.05, 0) is 34.6 Å². The van der Waals surface area contributed by atoms with Gasteiger partial charge in [-0.1, -0.05) is 32.0 Å². The number of ether oxygens (including phenoxy) is 1. The SMILES string of the molecule is CC1(C)CC(=O)c2sc(N3CCOCC3)c(-c3cccc(CN)c3)c2C1. The average Bonchev–Trinajstić information content (AvgIpc) is 3.01. The number of Topliss-reactive ketones (excluding diaryl/α,β-unsaturated/α-hetero) is 1. The summed E-state index contributed by atoms with van der Waals surface area (Å²) in [7, 11) is 0. The molecule has 0 radical (unpaired) electrons. The monoisotopic (exact) mass is 370 g/mol. The van der Waals surface area contributed by atoms with Gasteiger partial charge in [0.05, 0.1) is 23.1 Å². The summed E-state index contributed by atoms with van der Waals surface area (Å²) in [4.78, 5) is 16.2. The molecule has 1 saturated heterocycles. The van der Waals surface area contributed by atoms with Crippen LogP contribution in [0.1, 0.15) is 41.1 Å². The highest BCUT2D eigenvalue weighted by Crippen LogP contribution is 2.49. The summed E-state index contributed by atoms with van der Waals surface area (Å²) in [5.41, 5.74) is 10.7. The lowest BCUT2D eigenvalue weighted by atomic mass is 9.75. The van der Waals surface area contributed by atoms with Gasteiger partial charge < -0.3 is 15.4 Å². The number of nitrogens with two attached hydrogens (primary N) is 1. The van der Waals surface area contributed by atoms with Gasteiger partial charge in [-0.25, -0.2) is 0 Å². The normalized spacial score (nSPS) is 19.5. The van der Waals surface area contributed by atoms with Crippen molar-refractivity contribution in [2.24, 2.45) is 11.1 Å². The smallest absolute Gasteiger partial charge is 0.173 e.